The number of hydrogen-bond donors (Lipinski definition) is 1. The zero-order chi connectivity index (χ0) is 14.4. The lowest BCUT2D eigenvalue weighted by molar-refractivity contribution is -0.136. The van der Waals surface area contributed by atoms with Crippen molar-refractivity contribution in [3.63, 3.8) is 0 Å². The van der Waals surface area contributed by atoms with E-state index in [2.05, 4.69) is 0 Å². The number of hydrogen-bond acceptors (Lipinski definition) is 4. The van der Waals surface area contributed by atoms with Crippen LogP contribution in [0.15, 0.2) is 23.1 Å². The van der Waals surface area contributed by atoms with Crippen LogP contribution >= 0.6 is 0 Å². The Labute approximate surface area is 112 Å². The summed E-state index contributed by atoms with van der Waals surface area (Å²) in [5.74, 6) is -1.12. The highest BCUT2D eigenvalue weighted by Gasteiger charge is 2.42. The Kier molecular flexibility index (Phi) is 3.30. The minimum Gasteiger partial charge on any atom is -0.480 e. The van der Waals surface area contributed by atoms with Crippen molar-refractivity contribution in [3.05, 3.63) is 23.8 Å². The molecule has 0 aliphatic carbocycles. The van der Waals surface area contributed by atoms with E-state index in [-0.39, 0.29) is 17.4 Å². The lowest BCUT2D eigenvalue weighted by Crippen LogP contribution is -2.45. The zero-order valence-electron chi connectivity index (χ0n) is 11.1. The number of carbonyl (C=O) groups is 1. The topological polar surface area (TPSA) is 74.7 Å². The van der Waals surface area contributed by atoms with E-state index in [1.54, 1.807) is 18.0 Å². The summed E-state index contributed by atoms with van der Waals surface area (Å²) in [4.78, 5) is 13.0. The monoisotopic (exact) mass is 283 g/mol. The Morgan fingerprint density at radius 2 is 2.05 bits per heavy atom. The second-order valence-corrected chi connectivity index (χ2v) is 7.20. The number of para-hydroxylation sites is 1. The van der Waals surface area contributed by atoms with Gasteiger partial charge in [0.2, 0.25) is 0 Å². The molecular formula is C13H17NO4S. The average molecular weight is 283 g/mol. The van der Waals surface area contributed by atoms with Crippen molar-refractivity contribution in [2.45, 2.75) is 29.9 Å². The highest BCUT2D eigenvalue weighted by molar-refractivity contribution is 7.93. The number of carboxylic acids is 1. The van der Waals surface area contributed by atoms with E-state index in [1.807, 2.05) is 19.9 Å². The molecule has 1 aliphatic heterocycles. The molecule has 0 amide bonds. The van der Waals surface area contributed by atoms with Crippen molar-refractivity contribution >= 4 is 21.5 Å². The fourth-order valence-electron chi connectivity index (χ4n) is 2.45. The van der Waals surface area contributed by atoms with Gasteiger partial charge in [0, 0.05) is 13.6 Å². The number of fused-ring (bicyclic) bond motifs is 1. The summed E-state index contributed by atoms with van der Waals surface area (Å²) < 4.78 is 24.7. The third-order valence-corrected chi connectivity index (χ3v) is 5.47. The van der Waals surface area contributed by atoms with Gasteiger partial charge in [-0.15, -0.1) is 0 Å². The predicted octanol–water partition coefficient (Wildman–Crippen LogP) is 1.49. The molecule has 1 aromatic rings. The number of anilines is 1. The first-order valence-electron chi connectivity index (χ1n) is 6.07. The van der Waals surface area contributed by atoms with E-state index in [1.165, 1.54) is 6.07 Å². The largest absolute Gasteiger partial charge is 0.480 e. The number of nitrogens with zero attached hydrogens (tertiary/aromatic N) is 1. The summed E-state index contributed by atoms with van der Waals surface area (Å²) in [5.41, 5.74) is 1.56. The van der Waals surface area contributed by atoms with Gasteiger partial charge in [-0.3, -0.25) is 4.79 Å². The van der Waals surface area contributed by atoms with Crippen LogP contribution in [0.4, 0.5) is 5.69 Å². The molecule has 1 N–H and O–H groups in total. The molecule has 19 heavy (non-hydrogen) atoms. The van der Waals surface area contributed by atoms with Crippen LogP contribution in [0.5, 0.6) is 0 Å². The van der Waals surface area contributed by atoms with Crippen molar-refractivity contribution in [1.29, 1.82) is 0 Å². The summed E-state index contributed by atoms with van der Waals surface area (Å²) in [7, 11) is -2.08. The second-order valence-electron chi connectivity index (χ2n) is 5.10. The summed E-state index contributed by atoms with van der Waals surface area (Å²) in [6, 6.07) is 5.04. The molecule has 1 unspecified atom stereocenters. The maximum absolute atomic E-state index is 12.4. The van der Waals surface area contributed by atoms with E-state index >= 15 is 0 Å². The van der Waals surface area contributed by atoms with Crippen molar-refractivity contribution in [1.82, 2.24) is 0 Å². The minimum atomic E-state index is -3.81. The van der Waals surface area contributed by atoms with Crippen LogP contribution in [-0.4, -0.2) is 38.3 Å². The van der Waals surface area contributed by atoms with Crippen LogP contribution in [-0.2, 0) is 14.6 Å². The van der Waals surface area contributed by atoms with Crippen molar-refractivity contribution in [2.75, 3.05) is 18.5 Å². The van der Waals surface area contributed by atoms with Gasteiger partial charge in [-0.25, -0.2) is 8.42 Å². The first-order chi connectivity index (χ1) is 8.76. The van der Waals surface area contributed by atoms with Crippen LogP contribution in [0.2, 0.25) is 0 Å². The average Bonchev–Trinajstić information content (AvgIpc) is 2.32. The molecule has 0 spiro atoms. The number of sulfone groups is 1. The lowest BCUT2D eigenvalue weighted by Gasteiger charge is -2.33. The summed E-state index contributed by atoms with van der Waals surface area (Å²) >= 11 is 0. The fourth-order valence-corrected chi connectivity index (χ4v) is 4.25. The molecule has 5 nitrogen and oxygen atoms in total. The number of benzene rings is 1. The molecule has 104 valence electrons. The molecule has 1 heterocycles. The molecule has 1 atom stereocenters. The Hall–Kier alpha value is -1.56. The fraction of sp³-hybridized carbons (Fsp3) is 0.462. The van der Waals surface area contributed by atoms with Crippen LogP contribution in [0, 0.1) is 0 Å². The second kappa shape index (κ2) is 4.52. The van der Waals surface area contributed by atoms with Gasteiger partial charge < -0.3 is 10.0 Å². The van der Waals surface area contributed by atoms with E-state index in [4.69, 9.17) is 5.11 Å². The molecule has 0 aromatic heterocycles. The molecule has 0 bridgehead atoms. The van der Waals surface area contributed by atoms with Crippen LogP contribution in [0.3, 0.4) is 0 Å². The SMILES string of the molecule is CC(C)c1cccc2c1N(C)CC(C(=O)O)S2(=O)=O. The quantitative estimate of drug-likeness (QED) is 0.890. The van der Waals surface area contributed by atoms with E-state index < -0.39 is 21.1 Å². The van der Waals surface area contributed by atoms with Gasteiger partial charge in [0.15, 0.2) is 15.1 Å². The van der Waals surface area contributed by atoms with E-state index in [0.29, 0.717) is 5.69 Å². The van der Waals surface area contributed by atoms with Gasteiger partial charge in [-0.2, -0.15) is 0 Å². The third-order valence-electron chi connectivity index (χ3n) is 3.43. The summed E-state index contributed by atoms with van der Waals surface area (Å²) in [6.45, 7) is 3.95. The normalized spacial score (nSPS) is 21.3. The number of carboxylic acid groups (broad SMARTS) is 1. The molecule has 0 fully saturated rings. The Bertz CT molecular complexity index is 622. The third kappa shape index (κ3) is 2.10. The number of rotatable bonds is 2. The Morgan fingerprint density at radius 1 is 1.42 bits per heavy atom. The van der Waals surface area contributed by atoms with Crippen LogP contribution < -0.4 is 4.90 Å². The lowest BCUT2D eigenvalue weighted by atomic mass is 10.0. The van der Waals surface area contributed by atoms with Crippen molar-refractivity contribution in [3.8, 4) is 0 Å². The standard InChI is InChI=1S/C13H17NO4S/c1-8(2)9-5-4-6-10-12(9)14(3)7-11(13(15)16)19(10,17)18/h4-6,8,11H,7H2,1-3H3,(H,15,16). The maximum Gasteiger partial charge on any atom is 0.324 e. The first kappa shape index (κ1) is 13.9. The van der Waals surface area contributed by atoms with Crippen molar-refractivity contribution in [2.24, 2.45) is 0 Å². The summed E-state index contributed by atoms with van der Waals surface area (Å²) in [5, 5.41) is 7.69. The van der Waals surface area contributed by atoms with Crippen LogP contribution in [0.25, 0.3) is 0 Å². The highest BCUT2D eigenvalue weighted by Crippen LogP contribution is 2.38. The van der Waals surface area contributed by atoms with Gasteiger partial charge in [0.25, 0.3) is 0 Å². The minimum absolute atomic E-state index is 0.0194. The van der Waals surface area contributed by atoms with E-state index in [9.17, 15) is 13.2 Å². The van der Waals surface area contributed by atoms with E-state index in [0.717, 1.165) is 5.56 Å². The Morgan fingerprint density at radius 3 is 2.58 bits per heavy atom. The highest BCUT2D eigenvalue weighted by atomic mass is 32.2. The maximum atomic E-state index is 12.4. The molecule has 2 rings (SSSR count). The van der Waals surface area contributed by atoms with Gasteiger partial charge in [-0.05, 0) is 17.5 Å². The number of aliphatic carboxylic acids is 1. The van der Waals surface area contributed by atoms with Gasteiger partial charge in [-0.1, -0.05) is 26.0 Å². The predicted molar refractivity (Wildman–Crippen MR) is 72.4 cm³/mol. The molecule has 0 radical (unpaired) electrons. The molecule has 6 heteroatoms. The molecular weight excluding hydrogens is 266 g/mol. The smallest absolute Gasteiger partial charge is 0.324 e. The van der Waals surface area contributed by atoms with Gasteiger partial charge in [0.1, 0.15) is 0 Å². The molecule has 0 saturated heterocycles. The first-order valence-corrected chi connectivity index (χ1v) is 7.62. The van der Waals surface area contributed by atoms with Crippen molar-refractivity contribution < 1.29 is 18.3 Å². The van der Waals surface area contributed by atoms with Gasteiger partial charge in [0.05, 0.1) is 10.6 Å². The molecule has 0 saturated carbocycles. The molecule has 1 aliphatic rings. The zero-order valence-corrected chi connectivity index (χ0v) is 11.9. The van der Waals surface area contributed by atoms with Gasteiger partial charge >= 0.3 is 5.97 Å². The molecule has 1 aromatic carbocycles. The summed E-state index contributed by atoms with van der Waals surface area (Å²) in [6.07, 6.45) is 0. The Balaban J connectivity index is 2.72. The van der Waals surface area contributed by atoms with Crippen LogP contribution in [0.1, 0.15) is 25.3 Å².